The SMILES string of the molecule is CN(C(=O)O)c1cc2cc(B3OC(C)(C)C(C)(C)O3)cc(C(F)(F)F)c2s1. The fourth-order valence-corrected chi connectivity index (χ4v) is 3.88. The highest BCUT2D eigenvalue weighted by Crippen LogP contribution is 2.42. The van der Waals surface area contributed by atoms with Gasteiger partial charge in [-0.15, -0.1) is 11.3 Å². The number of thiophene rings is 1. The van der Waals surface area contributed by atoms with Crippen molar-refractivity contribution in [2.24, 2.45) is 0 Å². The van der Waals surface area contributed by atoms with E-state index in [9.17, 15) is 18.0 Å². The van der Waals surface area contributed by atoms with E-state index in [-0.39, 0.29) is 15.2 Å². The molecule has 1 aromatic heterocycles. The fraction of sp³-hybridized carbons (Fsp3) is 0.471. The number of rotatable bonds is 2. The van der Waals surface area contributed by atoms with Gasteiger partial charge in [0.25, 0.3) is 0 Å². The number of carbonyl (C=O) groups is 1. The lowest BCUT2D eigenvalue weighted by molar-refractivity contribution is -0.136. The molecule has 2 aromatic rings. The van der Waals surface area contributed by atoms with E-state index in [4.69, 9.17) is 14.4 Å². The first-order chi connectivity index (χ1) is 12.2. The number of benzene rings is 1. The van der Waals surface area contributed by atoms with E-state index >= 15 is 0 Å². The second kappa shape index (κ2) is 6.12. The zero-order valence-corrected chi connectivity index (χ0v) is 16.3. The molecule has 0 saturated carbocycles. The Kier molecular flexibility index (Phi) is 4.52. The predicted molar refractivity (Wildman–Crippen MR) is 99.0 cm³/mol. The summed E-state index contributed by atoms with van der Waals surface area (Å²) in [6.07, 6.45) is -5.84. The second-order valence-electron chi connectivity index (χ2n) is 7.50. The minimum atomic E-state index is -4.60. The van der Waals surface area contributed by atoms with Gasteiger partial charge in [-0.05, 0) is 50.7 Å². The van der Waals surface area contributed by atoms with Crippen LogP contribution in [0.4, 0.5) is 23.0 Å². The van der Waals surface area contributed by atoms with Gasteiger partial charge in [-0.25, -0.2) is 4.79 Å². The third-order valence-corrected chi connectivity index (χ3v) is 6.33. The van der Waals surface area contributed by atoms with Crippen molar-refractivity contribution in [3.8, 4) is 0 Å². The summed E-state index contributed by atoms with van der Waals surface area (Å²) in [6.45, 7) is 7.28. The zero-order chi connectivity index (χ0) is 20.4. The van der Waals surface area contributed by atoms with Gasteiger partial charge in [-0.2, -0.15) is 13.2 Å². The van der Waals surface area contributed by atoms with Crippen LogP contribution in [0.2, 0.25) is 0 Å². The molecule has 146 valence electrons. The Morgan fingerprint density at radius 3 is 2.19 bits per heavy atom. The maximum atomic E-state index is 13.7. The Labute approximate surface area is 158 Å². The second-order valence-corrected chi connectivity index (χ2v) is 8.53. The summed E-state index contributed by atoms with van der Waals surface area (Å²) < 4.78 is 52.7. The molecule has 1 aromatic carbocycles. The number of hydrogen-bond donors (Lipinski definition) is 1. The van der Waals surface area contributed by atoms with Crippen LogP contribution in [0.5, 0.6) is 0 Å². The Hall–Kier alpha value is -1.78. The standard InChI is InChI=1S/C17H19BF3NO4S/c1-15(2)16(3,4)26-18(25-15)10-6-9-7-12(22(5)14(23)24)27-13(9)11(8-10)17(19,20)21/h6-8H,1-5H3,(H,23,24). The van der Waals surface area contributed by atoms with Gasteiger partial charge in [0.2, 0.25) is 0 Å². The van der Waals surface area contributed by atoms with Gasteiger partial charge in [-0.3, -0.25) is 4.90 Å². The molecule has 1 aliphatic heterocycles. The van der Waals surface area contributed by atoms with Gasteiger partial charge in [0.1, 0.15) is 5.00 Å². The normalized spacial score (nSPS) is 18.9. The summed E-state index contributed by atoms with van der Waals surface area (Å²) in [5.41, 5.74) is -1.96. The van der Waals surface area contributed by atoms with Gasteiger partial charge in [-0.1, -0.05) is 6.07 Å². The van der Waals surface area contributed by atoms with Crippen LogP contribution in [-0.2, 0) is 15.5 Å². The number of halogens is 3. The molecule has 0 bridgehead atoms. The number of fused-ring (bicyclic) bond motifs is 1. The molecule has 2 heterocycles. The maximum absolute atomic E-state index is 13.7. The lowest BCUT2D eigenvalue weighted by atomic mass is 9.77. The molecule has 0 aliphatic carbocycles. The van der Waals surface area contributed by atoms with Crippen molar-refractivity contribution in [2.75, 3.05) is 11.9 Å². The molecule has 1 aliphatic rings. The summed E-state index contributed by atoms with van der Waals surface area (Å²) >= 11 is 0.781. The molecular formula is C17H19BF3NO4S. The first-order valence-electron chi connectivity index (χ1n) is 8.20. The minimum absolute atomic E-state index is 0.0223. The van der Waals surface area contributed by atoms with Gasteiger partial charge in [0, 0.05) is 11.7 Å². The van der Waals surface area contributed by atoms with Crippen molar-refractivity contribution in [1.82, 2.24) is 0 Å². The first kappa shape index (κ1) is 20.0. The number of carboxylic acid groups (broad SMARTS) is 1. The number of amides is 1. The van der Waals surface area contributed by atoms with Crippen LogP contribution in [0.3, 0.4) is 0 Å². The Morgan fingerprint density at radius 2 is 1.70 bits per heavy atom. The van der Waals surface area contributed by atoms with Crippen LogP contribution in [0, 0.1) is 0 Å². The first-order valence-corrected chi connectivity index (χ1v) is 9.01. The number of hydrogen-bond acceptors (Lipinski definition) is 4. The van der Waals surface area contributed by atoms with Gasteiger partial charge < -0.3 is 14.4 Å². The number of anilines is 1. The molecule has 27 heavy (non-hydrogen) atoms. The largest absolute Gasteiger partial charge is 0.494 e. The van der Waals surface area contributed by atoms with Crippen LogP contribution in [0.15, 0.2) is 18.2 Å². The van der Waals surface area contributed by atoms with E-state index in [1.165, 1.54) is 13.1 Å². The van der Waals surface area contributed by atoms with E-state index in [0.29, 0.717) is 5.39 Å². The third-order valence-electron chi connectivity index (χ3n) is 5.07. The van der Waals surface area contributed by atoms with Crippen molar-refractivity contribution >= 4 is 45.1 Å². The smallest absolute Gasteiger partial charge is 0.465 e. The molecule has 0 atom stereocenters. The molecule has 10 heteroatoms. The average Bonchev–Trinajstić information content (AvgIpc) is 3.02. The topological polar surface area (TPSA) is 59.0 Å². The van der Waals surface area contributed by atoms with E-state index in [0.717, 1.165) is 22.3 Å². The highest BCUT2D eigenvalue weighted by atomic mass is 32.1. The van der Waals surface area contributed by atoms with Crippen molar-refractivity contribution in [3.05, 3.63) is 23.8 Å². The quantitative estimate of drug-likeness (QED) is 0.761. The van der Waals surface area contributed by atoms with Crippen molar-refractivity contribution in [1.29, 1.82) is 0 Å². The van der Waals surface area contributed by atoms with Crippen molar-refractivity contribution in [2.45, 2.75) is 45.1 Å². The highest BCUT2D eigenvalue weighted by Gasteiger charge is 2.52. The molecule has 1 amide bonds. The van der Waals surface area contributed by atoms with Gasteiger partial charge in [0.05, 0.1) is 16.8 Å². The van der Waals surface area contributed by atoms with Gasteiger partial charge >= 0.3 is 19.4 Å². The van der Waals surface area contributed by atoms with Crippen molar-refractivity contribution in [3.63, 3.8) is 0 Å². The van der Waals surface area contributed by atoms with E-state index in [1.807, 2.05) is 27.7 Å². The molecule has 3 rings (SSSR count). The number of alkyl halides is 3. The molecular weight excluding hydrogens is 382 g/mol. The molecule has 0 spiro atoms. The molecule has 1 saturated heterocycles. The van der Waals surface area contributed by atoms with E-state index in [2.05, 4.69) is 0 Å². The lowest BCUT2D eigenvalue weighted by Crippen LogP contribution is -2.41. The van der Waals surface area contributed by atoms with Crippen LogP contribution >= 0.6 is 11.3 Å². The van der Waals surface area contributed by atoms with Crippen LogP contribution in [0.25, 0.3) is 10.1 Å². The fourth-order valence-electron chi connectivity index (χ4n) is 2.75. The van der Waals surface area contributed by atoms with Crippen LogP contribution < -0.4 is 10.4 Å². The summed E-state index contributed by atoms with van der Waals surface area (Å²) in [5.74, 6) is 0. The minimum Gasteiger partial charge on any atom is -0.465 e. The maximum Gasteiger partial charge on any atom is 0.494 e. The van der Waals surface area contributed by atoms with E-state index < -0.39 is 36.2 Å². The van der Waals surface area contributed by atoms with E-state index in [1.54, 1.807) is 6.07 Å². The molecule has 0 radical (unpaired) electrons. The zero-order valence-electron chi connectivity index (χ0n) is 15.5. The molecule has 1 N–H and O–H groups in total. The van der Waals surface area contributed by atoms with Crippen LogP contribution in [0.1, 0.15) is 33.3 Å². The highest BCUT2D eigenvalue weighted by molar-refractivity contribution is 7.23. The molecule has 0 unspecified atom stereocenters. The molecule has 5 nitrogen and oxygen atoms in total. The summed E-state index contributed by atoms with van der Waals surface area (Å²) in [5, 5.41) is 9.60. The summed E-state index contributed by atoms with van der Waals surface area (Å²) in [6, 6.07) is 4.01. The Bertz CT molecular complexity index is 893. The average molecular weight is 401 g/mol. The van der Waals surface area contributed by atoms with Gasteiger partial charge in [0.15, 0.2) is 0 Å². The Morgan fingerprint density at radius 1 is 1.15 bits per heavy atom. The lowest BCUT2D eigenvalue weighted by Gasteiger charge is -2.32. The summed E-state index contributed by atoms with van der Waals surface area (Å²) in [7, 11) is 0.344. The van der Waals surface area contributed by atoms with Crippen molar-refractivity contribution < 1.29 is 32.4 Å². The molecule has 1 fully saturated rings. The third kappa shape index (κ3) is 3.41. The summed E-state index contributed by atoms with van der Waals surface area (Å²) in [4.78, 5) is 12.0. The predicted octanol–water partition coefficient (Wildman–Crippen LogP) is 4.33. The Balaban J connectivity index is 2.15. The monoisotopic (exact) mass is 401 g/mol. The number of nitrogens with zero attached hydrogens (tertiary/aromatic N) is 1. The van der Waals surface area contributed by atoms with Crippen LogP contribution in [-0.4, -0.2) is 36.6 Å².